The molecule has 3 nitrogen and oxygen atoms in total. The molecule has 70 valence electrons. The first-order valence-electron chi connectivity index (χ1n) is 4.29. The van der Waals surface area contributed by atoms with E-state index in [4.69, 9.17) is 16.3 Å². The summed E-state index contributed by atoms with van der Waals surface area (Å²) in [5, 5.41) is 3.48. The third-order valence-corrected chi connectivity index (χ3v) is 2.13. The zero-order valence-electron chi connectivity index (χ0n) is 7.38. The molecule has 0 amide bonds. The van der Waals surface area contributed by atoms with Gasteiger partial charge in [0.05, 0.1) is 18.0 Å². The Labute approximate surface area is 82.1 Å². The average Bonchev–Trinajstić information content (AvgIpc) is 2.89. The number of anilines is 1. The molecule has 2 rings (SSSR count). The number of ether oxygens (including phenoxy) is 1. The molecule has 1 heterocycles. The molecule has 0 radical (unpaired) electrons. The lowest BCUT2D eigenvalue weighted by Crippen LogP contribution is -2.00. The van der Waals surface area contributed by atoms with Gasteiger partial charge in [-0.25, -0.2) is 4.98 Å². The van der Waals surface area contributed by atoms with Gasteiger partial charge in [-0.15, -0.1) is 0 Å². The third-order valence-electron chi connectivity index (χ3n) is 1.92. The fourth-order valence-corrected chi connectivity index (χ4v) is 1.21. The van der Waals surface area contributed by atoms with Crippen LogP contribution in [0.1, 0.15) is 12.8 Å². The van der Waals surface area contributed by atoms with Gasteiger partial charge in [-0.3, -0.25) is 0 Å². The van der Waals surface area contributed by atoms with Crippen molar-refractivity contribution in [3.8, 4) is 5.75 Å². The van der Waals surface area contributed by atoms with Gasteiger partial charge in [-0.05, 0) is 12.8 Å². The molecule has 0 spiro atoms. The highest BCUT2D eigenvalue weighted by molar-refractivity contribution is 6.29. The summed E-state index contributed by atoms with van der Waals surface area (Å²) in [6, 6.07) is 1.74. The van der Waals surface area contributed by atoms with E-state index in [2.05, 4.69) is 10.3 Å². The lowest BCUT2D eigenvalue weighted by atomic mass is 10.4. The molecule has 0 bridgehead atoms. The van der Waals surface area contributed by atoms with E-state index in [-0.39, 0.29) is 0 Å². The van der Waals surface area contributed by atoms with Crippen molar-refractivity contribution in [2.75, 3.05) is 12.4 Å². The molecule has 0 aliphatic heterocycles. The van der Waals surface area contributed by atoms with Crippen LogP contribution in [0.2, 0.25) is 5.15 Å². The van der Waals surface area contributed by atoms with Gasteiger partial charge in [-0.2, -0.15) is 0 Å². The molecule has 1 saturated carbocycles. The van der Waals surface area contributed by atoms with E-state index in [1.807, 2.05) is 7.05 Å². The summed E-state index contributed by atoms with van der Waals surface area (Å²) in [5.74, 6) is 0.796. The van der Waals surface area contributed by atoms with Crippen molar-refractivity contribution in [3.63, 3.8) is 0 Å². The van der Waals surface area contributed by atoms with Gasteiger partial charge in [0.25, 0.3) is 0 Å². The number of rotatable bonds is 3. The fraction of sp³-hybridized carbons (Fsp3) is 0.444. The van der Waals surface area contributed by atoms with Crippen molar-refractivity contribution < 1.29 is 4.74 Å². The molecule has 1 N–H and O–H groups in total. The highest BCUT2D eigenvalue weighted by Crippen LogP contribution is 2.32. The van der Waals surface area contributed by atoms with Crippen molar-refractivity contribution in [1.82, 2.24) is 4.98 Å². The van der Waals surface area contributed by atoms with Crippen molar-refractivity contribution >= 4 is 17.3 Å². The number of hydrogen-bond acceptors (Lipinski definition) is 3. The van der Waals surface area contributed by atoms with Gasteiger partial charge >= 0.3 is 0 Å². The Morgan fingerprint density at radius 1 is 1.62 bits per heavy atom. The molecule has 1 fully saturated rings. The van der Waals surface area contributed by atoms with Gasteiger partial charge in [0.15, 0.2) is 0 Å². The maximum atomic E-state index is 5.76. The number of nitrogens with zero attached hydrogens (tertiary/aromatic N) is 1. The van der Waals surface area contributed by atoms with E-state index >= 15 is 0 Å². The number of pyridine rings is 1. The van der Waals surface area contributed by atoms with Crippen LogP contribution in [0.3, 0.4) is 0 Å². The van der Waals surface area contributed by atoms with Crippen LogP contribution in [-0.2, 0) is 0 Å². The minimum absolute atomic E-state index is 0.380. The van der Waals surface area contributed by atoms with Crippen LogP contribution in [0, 0.1) is 0 Å². The monoisotopic (exact) mass is 198 g/mol. The highest BCUT2D eigenvalue weighted by atomic mass is 35.5. The Bertz CT molecular complexity index is 312. The minimum Gasteiger partial charge on any atom is -0.488 e. The first-order chi connectivity index (χ1) is 6.29. The van der Waals surface area contributed by atoms with Crippen molar-refractivity contribution in [3.05, 3.63) is 17.4 Å². The molecule has 0 atom stereocenters. The quantitative estimate of drug-likeness (QED) is 0.757. The van der Waals surface area contributed by atoms with E-state index in [1.54, 1.807) is 12.3 Å². The van der Waals surface area contributed by atoms with E-state index in [9.17, 15) is 0 Å². The third kappa shape index (κ3) is 2.04. The van der Waals surface area contributed by atoms with Crippen molar-refractivity contribution in [2.24, 2.45) is 0 Å². The molecule has 1 aliphatic carbocycles. The molecule has 0 saturated heterocycles. The van der Waals surface area contributed by atoms with Gasteiger partial charge < -0.3 is 10.1 Å². The smallest absolute Gasteiger partial charge is 0.147 e. The molecule has 1 aromatic rings. The maximum absolute atomic E-state index is 5.76. The molecule has 13 heavy (non-hydrogen) atoms. The van der Waals surface area contributed by atoms with Crippen molar-refractivity contribution in [1.29, 1.82) is 0 Å². The Hall–Kier alpha value is -0.960. The second-order valence-electron chi connectivity index (χ2n) is 3.07. The Morgan fingerprint density at radius 2 is 2.38 bits per heavy atom. The van der Waals surface area contributed by atoms with Gasteiger partial charge in [0.2, 0.25) is 0 Å². The predicted molar refractivity (Wildman–Crippen MR) is 52.4 cm³/mol. The second kappa shape index (κ2) is 3.42. The van der Waals surface area contributed by atoms with Gasteiger partial charge in [0.1, 0.15) is 10.9 Å². The van der Waals surface area contributed by atoms with Crippen LogP contribution < -0.4 is 10.1 Å². The van der Waals surface area contributed by atoms with Crippen LogP contribution >= 0.6 is 11.6 Å². The van der Waals surface area contributed by atoms with E-state index in [0.717, 1.165) is 24.3 Å². The summed E-state index contributed by atoms with van der Waals surface area (Å²) >= 11 is 5.76. The van der Waals surface area contributed by atoms with E-state index in [1.165, 1.54) is 0 Å². The lowest BCUT2D eigenvalue weighted by molar-refractivity contribution is 0.304. The SMILES string of the molecule is CNc1cnc(Cl)cc1OC1CC1. The number of aromatic nitrogens is 1. The topological polar surface area (TPSA) is 34.2 Å². The zero-order chi connectivity index (χ0) is 9.26. The van der Waals surface area contributed by atoms with E-state index < -0.39 is 0 Å². The molecule has 1 aliphatic rings. The number of halogens is 1. The number of nitrogens with one attached hydrogen (secondary N) is 1. The molecular formula is C9H11ClN2O. The Kier molecular flexibility index (Phi) is 2.27. The van der Waals surface area contributed by atoms with Crippen molar-refractivity contribution in [2.45, 2.75) is 18.9 Å². The summed E-state index contributed by atoms with van der Waals surface area (Å²) in [5.41, 5.74) is 0.885. The Morgan fingerprint density at radius 3 is 3.00 bits per heavy atom. The van der Waals surface area contributed by atoms with E-state index in [0.29, 0.717) is 11.3 Å². The summed E-state index contributed by atoms with van der Waals surface area (Å²) in [6.07, 6.45) is 4.34. The molecular weight excluding hydrogens is 188 g/mol. The van der Waals surface area contributed by atoms with Crippen LogP contribution in [0.15, 0.2) is 12.3 Å². The lowest BCUT2D eigenvalue weighted by Gasteiger charge is -2.09. The normalized spacial score (nSPS) is 15.5. The van der Waals surface area contributed by atoms with Crippen LogP contribution in [0.5, 0.6) is 5.75 Å². The van der Waals surface area contributed by atoms with Crippen LogP contribution in [-0.4, -0.2) is 18.1 Å². The summed E-state index contributed by atoms with van der Waals surface area (Å²) in [4.78, 5) is 3.96. The minimum atomic E-state index is 0.380. The van der Waals surface area contributed by atoms with Crippen LogP contribution in [0.25, 0.3) is 0 Å². The maximum Gasteiger partial charge on any atom is 0.147 e. The summed E-state index contributed by atoms with van der Waals surface area (Å²) in [7, 11) is 1.84. The van der Waals surface area contributed by atoms with Gasteiger partial charge in [-0.1, -0.05) is 11.6 Å². The molecule has 0 unspecified atom stereocenters. The predicted octanol–water partition coefficient (Wildman–Crippen LogP) is 2.32. The second-order valence-corrected chi connectivity index (χ2v) is 3.46. The fourth-order valence-electron chi connectivity index (χ4n) is 1.06. The zero-order valence-corrected chi connectivity index (χ0v) is 8.14. The standard InChI is InChI=1S/C9H11ClN2O/c1-11-7-5-12-9(10)4-8(7)13-6-2-3-6/h4-6,11H,2-3H2,1H3. The summed E-state index contributed by atoms with van der Waals surface area (Å²) in [6.45, 7) is 0. The highest BCUT2D eigenvalue weighted by Gasteiger charge is 2.24. The van der Waals surface area contributed by atoms with Gasteiger partial charge in [0, 0.05) is 13.1 Å². The molecule has 4 heteroatoms. The largest absolute Gasteiger partial charge is 0.488 e. The Balaban J connectivity index is 2.22. The molecule has 1 aromatic heterocycles. The first kappa shape index (κ1) is 8.63. The van der Waals surface area contributed by atoms with Crippen LogP contribution in [0.4, 0.5) is 5.69 Å². The first-order valence-corrected chi connectivity index (χ1v) is 4.67. The average molecular weight is 199 g/mol. The molecule has 0 aromatic carbocycles. The number of hydrogen-bond donors (Lipinski definition) is 1. The summed E-state index contributed by atoms with van der Waals surface area (Å²) < 4.78 is 5.64.